The lowest BCUT2D eigenvalue weighted by Gasteiger charge is -2.37. The highest BCUT2D eigenvalue weighted by Crippen LogP contribution is 2.23. The van der Waals surface area contributed by atoms with E-state index in [0.29, 0.717) is 6.04 Å². The smallest absolute Gasteiger partial charge is 0.157 e. The molecule has 0 amide bonds. The van der Waals surface area contributed by atoms with Crippen molar-refractivity contribution in [2.24, 2.45) is 0 Å². The van der Waals surface area contributed by atoms with Crippen molar-refractivity contribution in [2.75, 3.05) is 45.9 Å². The number of rotatable bonds is 6. The molecule has 6 heteroatoms. The zero-order valence-electron chi connectivity index (χ0n) is 13.4. The Hall–Kier alpha value is -0.530. The second kappa shape index (κ2) is 8.36. The summed E-state index contributed by atoms with van der Waals surface area (Å²) in [6, 6.07) is 0.439. The van der Waals surface area contributed by atoms with Crippen molar-refractivity contribution in [2.45, 2.75) is 38.5 Å². The minimum absolute atomic E-state index is 0.0416. The molecule has 0 unspecified atom stereocenters. The van der Waals surface area contributed by atoms with Gasteiger partial charge in [-0.2, -0.15) is 0 Å². The Morgan fingerprint density at radius 2 is 2.23 bits per heavy atom. The second-order valence-corrected chi connectivity index (χ2v) is 7.02. The van der Waals surface area contributed by atoms with Gasteiger partial charge in [0.05, 0.1) is 12.6 Å². The van der Waals surface area contributed by atoms with Gasteiger partial charge in [-0.05, 0) is 26.2 Å². The maximum Gasteiger partial charge on any atom is 0.157 e. The summed E-state index contributed by atoms with van der Waals surface area (Å²) in [4.78, 5) is 9.46. The van der Waals surface area contributed by atoms with E-state index in [1.807, 2.05) is 6.20 Å². The number of hydrogen-bond acceptors (Lipinski definition) is 6. The number of aromatic nitrogens is 1. The van der Waals surface area contributed by atoms with Crippen molar-refractivity contribution < 1.29 is 9.47 Å². The first-order valence-electron chi connectivity index (χ1n) is 8.42. The van der Waals surface area contributed by atoms with Gasteiger partial charge in [0.25, 0.3) is 0 Å². The fourth-order valence-corrected chi connectivity index (χ4v) is 3.86. The zero-order chi connectivity index (χ0) is 15.2. The molecule has 5 nitrogen and oxygen atoms in total. The van der Waals surface area contributed by atoms with Gasteiger partial charge >= 0.3 is 0 Å². The highest BCUT2D eigenvalue weighted by molar-refractivity contribution is 7.09. The van der Waals surface area contributed by atoms with Gasteiger partial charge in [-0.1, -0.05) is 0 Å². The molecular formula is C16H27N3O2S. The summed E-state index contributed by atoms with van der Waals surface area (Å²) in [6.45, 7) is 9.37. The maximum atomic E-state index is 5.83. The molecule has 1 aromatic heterocycles. The van der Waals surface area contributed by atoms with Crippen LogP contribution in [0.15, 0.2) is 11.6 Å². The van der Waals surface area contributed by atoms with Gasteiger partial charge in [0, 0.05) is 50.9 Å². The summed E-state index contributed by atoms with van der Waals surface area (Å²) in [6.07, 6.45) is 5.41. The molecule has 0 radical (unpaired) electrons. The molecular weight excluding hydrogens is 298 g/mol. The third-order valence-electron chi connectivity index (χ3n) is 4.61. The molecule has 124 valence electrons. The van der Waals surface area contributed by atoms with Crippen molar-refractivity contribution in [1.29, 1.82) is 0 Å². The quantitative estimate of drug-likeness (QED) is 0.803. The van der Waals surface area contributed by atoms with Crippen LogP contribution in [0.25, 0.3) is 0 Å². The van der Waals surface area contributed by atoms with E-state index in [0.717, 1.165) is 52.4 Å². The van der Waals surface area contributed by atoms with Crippen molar-refractivity contribution in [3.8, 4) is 0 Å². The van der Waals surface area contributed by atoms with Crippen molar-refractivity contribution in [1.82, 2.24) is 14.8 Å². The van der Waals surface area contributed by atoms with E-state index in [9.17, 15) is 0 Å². The van der Waals surface area contributed by atoms with Gasteiger partial charge in [0.2, 0.25) is 0 Å². The average molecular weight is 325 g/mol. The normalized spacial score (nSPS) is 26.1. The van der Waals surface area contributed by atoms with E-state index in [4.69, 9.17) is 9.47 Å². The first-order chi connectivity index (χ1) is 10.8. The second-order valence-electron chi connectivity index (χ2n) is 6.09. The van der Waals surface area contributed by atoms with Crippen LogP contribution in [-0.4, -0.2) is 67.0 Å². The Morgan fingerprint density at radius 1 is 1.36 bits per heavy atom. The lowest BCUT2D eigenvalue weighted by Crippen LogP contribution is -2.48. The molecule has 1 aromatic rings. The van der Waals surface area contributed by atoms with Gasteiger partial charge in [-0.25, -0.2) is 4.98 Å². The molecule has 0 saturated carbocycles. The maximum absolute atomic E-state index is 5.83. The largest absolute Gasteiger partial charge is 0.353 e. The van der Waals surface area contributed by atoms with Crippen LogP contribution in [-0.2, 0) is 9.47 Å². The first-order valence-corrected chi connectivity index (χ1v) is 9.30. The van der Waals surface area contributed by atoms with Crippen LogP contribution in [0.5, 0.6) is 0 Å². The van der Waals surface area contributed by atoms with E-state index in [2.05, 4.69) is 27.1 Å². The molecule has 0 bridgehead atoms. The molecule has 2 aliphatic rings. The Morgan fingerprint density at radius 3 is 2.91 bits per heavy atom. The van der Waals surface area contributed by atoms with Gasteiger partial charge in [0.1, 0.15) is 5.01 Å². The van der Waals surface area contributed by atoms with Crippen LogP contribution in [0.1, 0.15) is 37.2 Å². The van der Waals surface area contributed by atoms with Crippen molar-refractivity contribution in [3.05, 3.63) is 16.6 Å². The molecule has 2 aliphatic heterocycles. The van der Waals surface area contributed by atoms with Crippen LogP contribution >= 0.6 is 11.3 Å². The van der Waals surface area contributed by atoms with Crippen LogP contribution in [0.4, 0.5) is 0 Å². The van der Waals surface area contributed by atoms with E-state index >= 15 is 0 Å². The van der Waals surface area contributed by atoms with Crippen LogP contribution in [0.3, 0.4) is 0 Å². The van der Waals surface area contributed by atoms with E-state index in [-0.39, 0.29) is 6.29 Å². The van der Waals surface area contributed by atoms with E-state index in [1.165, 1.54) is 17.8 Å². The molecule has 0 aliphatic carbocycles. The summed E-state index contributed by atoms with van der Waals surface area (Å²) >= 11 is 1.75. The molecule has 22 heavy (non-hydrogen) atoms. The molecule has 3 rings (SSSR count). The number of hydrogen-bond donors (Lipinski definition) is 0. The van der Waals surface area contributed by atoms with Crippen molar-refractivity contribution in [3.63, 3.8) is 0 Å². The Balaban J connectivity index is 1.33. The minimum atomic E-state index is 0.0416. The minimum Gasteiger partial charge on any atom is -0.353 e. The summed E-state index contributed by atoms with van der Waals surface area (Å²) in [5.41, 5.74) is 0. The first kappa shape index (κ1) is 16.3. The molecule has 0 N–H and O–H groups in total. The highest BCUT2D eigenvalue weighted by atomic mass is 32.1. The molecule has 3 heterocycles. The molecule has 0 aromatic carbocycles. The fraction of sp³-hybridized carbons (Fsp3) is 0.812. The number of nitrogens with zero attached hydrogens (tertiary/aromatic N) is 3. The Bertz CT molecular complexity index is 415. The van der Waals surface area contributed by atoms with Crippen LogP contribution in [0, 0.1) is 0 Å². The zero-order valence-corrected chi connectivity index (χ0v) is 14.3. The summed E-state index contributed by atoms with van der Waals surface area (Å²) < 4.78 is 11.4. The summed E-state index contributed by atoms with van der Waals surface area (Å²) in [5, 5.41) is 3.29. The van der Waals surface area contributed by atoms with E-state index < -0.39 is 0 Å². The summed E-state index contributed by atoms with van der Waals surface area (Å²) in [5.74, 6) is 0. The molecule has 2 fully saturated rings. The third kappa shape index (κ3) is 4.49. The predicted molar refractivity (Wildman–Crippen MR) is 88.1 cm³/mol. The third-order valence-corrected chi connectivity index (χ3v) is 5.56. The van der Waals surface area contributed by atoms with Gasteiger partial charge < -0.3 is 9.47 Å². The lowest BCUT2D eigenvalue weighted by atomic mass is 10.2. The molecule has 2 saturated heterocycles. The van der Waals surface area contributed by atoms with E-state index in [1.54, 1.807) is 11.3 Å². The monoisotopic (exact) mass is 325 g/mol. The Labute approximate surface area is 137 Å². The van der Waals surface area contributed by atoms with Crippen LogP contribution in [0.2, 0.25) is 0 Å². The highest BCUT2D eigenvalue weighted by Gasteiger charge is 2.23. The SMILES string of the molecule is C[C@H](c1nccs1)N1CCN(CCO[C@@H]2CCCCO2)CC1. The predicted octanol–water partition coefficient (Wildman–Crippen LogP) is 2.36. The summed E-state index contributed by atoms with van der Waals surface area (Å²) in [7, 11) is 0. The molecule has 0 spiro atoms. The number of ether oxygens (including phenoxy) is 2. The Kier molecular flexibility index (Phi) is 6.20. The van der Waals surface area contributed by atoms with Crippen LogP contribution < -0.4 is 0 Å². The fourth-order valence-electron chi connectivity index (χ4n) is 3.13. The van der Waals surface area contributed by atoms with Crippen molar-refractivity contribution >= 4 is 11.3 Å². The number of piperazine rings is 1. The number of thiazole rings is 1. The average Bonchev–Trinajstić information content (AvgIpc) is 3.10. The van der Waals surface area contributed by atoms with Gasteiger partial charge in [-0.15, -0.1) is 11.3 Å². The van der Waals surface area contributed by atoms with Gasteiger partial charge in [0.15, 0.2) is 6.29 Å². The standard InChI is InChI=1S/C16H27N3O2S/c1-14(16-17-5-13-22-16)19-8-6-18(7-9-19)10-12-21-15-4-2-3-11-20-15/h5,13-15H,2-4,6-12H2,1H3/t14-,15-/m1/s1. The van der Waals surface area contributed by atoms with Gasteiger partial charge in [-0.3, -0.25) is 9.80 Å². The molecule has 2 atom stereocenters. The topological polar surface area (TPSA) is 37.8 Å². The lowest BCUT2D eigenvalue weighted by molar-refractivity contribution is -0.164.